The van der Waals surface area contributed by atoms with Crippen LogP contribution in [-0.4, -0.2) is 39.3 Å². The Morgan fingerprint density at radius 2 is 1.79 bits per heavy atom. The molecule has 1 heterocycles. The van der Waals surface area contributed by atoms with Crippen LogP contribution in [0.4, 0.5) is 5.69 Å². The third-order valence-electron chi connectivity index (χ3n) is 5.07. The topological polar surface area (TPSA) is 74.3 Å². The van der Waals surface area contributed by atoms with Crippen LogP contribution in [0.3, 0.4) is 0 Å². The van der Waals surface area contributed by atoms with Crippen molar-refractivity contribution < 1.29 is 28.5 Å². The minimum Gasteiger partial charge on any atom is -0.497 e. The molecule has 172 valence electrons. The summed E-state index contributed by atoms with van der Waals surface area (Å²) in [5.74, 6) is 0.839. The molecule has 0 unspecified atom stereocenters. The first-order valence-corrected chi connectivity index (χ1v) is 10.4. The first-order valence-electron chi connectivity index (χ1n) is 10.4. The number of hydrogen-bond donors (Lipinski definition) is 0. The highest BCUT2D eigenvalue weighted by Crippen LogP contribution is 2.37. The van der Waals surface area contributed by atoms with Gasteiger partial charge in [0.1, 0.15) is 12.4 Å². The molecule has 0 radical (unpaired) electrons. The zero-order valence-electron chi connectivity index (χ0n) is 19.2. The molecule has 1 aliphatic rings. The first-order chi connectivity index (χ1) is 15.9. The number of esters is 1. The Morgan fingerprint density at radius 3 is 2.39 bits per heavy atom. The van der Waals surface area contributed by atoms with Gasteiger partial charge in [0.2, 0.25) is 0 Å². The molecule has 2 aromatic rings. The van der Waals surface area contributed by atoms with Crippen molar-refractivity contribution in [2.75, 3.05) is 32.3 Å². The van der Waals surface area contributed by atoms with Gasteiger partial charge >= 0.3 is 5.97 Å². The minimum absolute atomic E-state index is 0.197. The van der Waals surface area contributed by atoms with E-state index >= 15 is 0 Å². The summed E-state index contributed by atoms with van der Waals surface area (Å²) in [7, 11) is 3.11. The fraction of sp³-hybridized carbons (Fsp3) is 0.231. The van der Waals surface area contributed by atoms with Crippen molar-refractivity contribution in [1.29, 1.82) is 0 Å². The van der Waals surface area contributed by atoms with E-state index in [-0.39, 0.29) is 23.7 Å². The van der Waals surface area contributed by atoms with Crippen LogP contribution in [-0.2, 0) is 14.3 Å². The van der Waals surface area contributed by atoms with Gasteiger partial charge in [0, 0.05) is 11.4 Å². The van der Waals surface area contributed by atoms with Crippen LogP contribution in [0.15, 0.2) is 72.0 Å². The van der Waals surface area contributed by atoms with Gasteiger partial charge in [-0.2, -0.15) is 0 Å². The zero-order valence-corrected chi connectivity index (χ0v) is 19.2. The maximum atomic E-state index is 13.5. The number of allylic oxidation sites excluding steroid dienone is 1. The van der Waals surface area contributed by atoms with Crippen LogP contribution in [0.2, 0.25) is 0 Å². The average Bonchev–Trinajstić information content (AvgIpc) is 3.07. The van der Waals surface area contributed by atoms with Gasteiger partial charge in [0.05, 0.1) is 32.0 Å². The van der Waals surface area contributed by atoms with Gasteiger partial charge in [-0.1, -0.05) is 18.7 Å². The standard InChI is InChI=1S/C26H27NO6/c1-6-14-33-22-13-8-18(16-23(22)31-5)15-21-24(26(29)32-7-2)17(3)27(25(21)28)19-9-11-20(30-4)12-10-19/h6,8-13,15-16H,1,7,14H2,2-5H3. The molecular weight excluding hydrogens is 422 g/mol. The summed E-state index contributed by atoms with van der Waals surface area (Å²) in [6.07, 6.45) is 3.29. The lowest BCUT2D eigenvalue weighted by molar-refractivity contribution is -0.138. The molecular formula is C26H27NO6. The zero-order chi connectivity index (χ0) is 24.0. The Hall–Kier alpha value is -4.00. The summed E-state index contributed by atoms with van der Waals surface area (Å²) in [4.78, 5) is 27.8. The molecule has 7 nitrogen and oxygen atoms in total. The number of benzene rings is 2. The summed E-state index contributed by atoms with van der Waals surface area (Å²) >= 11 is 0. The number of carbonyl (C=O) groups excluding carboxylic acids is 2. The molecule has 2 aromatic carbocycles. The lowest BCUT2D eigenvalue weighted by atomic mass is 10.0. The van der Waals surface area contributed by atoms with Gasteiger partial charge < -0.3 is 18.9 Å². The lowest BCUT2D eigenvalue weighted by Crippen LogP contribution is -2.24. The third-order valence-corrected chi connectivity index (χ3v) is 5.07. The Bertz CT molecular complexity index is 1110. The highest BCUT2D eigenvalue weighted by Gasteiger charge is 2.38. The molecule has 7 heteroatoms. The molecule has 0 aromatic heterocycles. The van der Waals surface area contributed by atoms with Crippen LogP contribution >= 0.6 is 0 Å². The molecule has 0 bridgehead atoms. The fourth-order valence-corrected chi connectivity index (χ4v) is 3.53. The van der Waals surface area contributed by atoms with E-state index in [4.69, 9.17) is 18.9 Å². The van der Waals surface area contributed by atoms with Crippen molar-refractivity contribution in [2.45, 2.75) is 13.8 Å². The van der Waals surface area contributed by atoms with Crippen LogP contribution in [0.5, 0.6) is 17.2 Å². The Kier molecular flexibility index (Phi) is 7.56. The average molecular weight is 450 g/mol. The predicted molar refractivity (Wildman–Crippen MR) is 126 cm³/mol. The number of anilines is 1. The van der Waals surface area contributed by atoms with Gasteiger partial charge in [-0.25, -0.2) is 4.79 Å². The van der Waals surface area contributed by atoms with E-state index in [1.807, 2.05) is 0 Å². The van der Waals surface area contributed by atoms with Gasteiger partial charge in [-0.15, -0.1) is 0 Å². The van der Waals surface area contributed by atoms with Crippen LogP contribution < -0.4 is 19.1 Å². The van der Waals surface area contributed by atoms with E-state index in [0.29, 0.717) is 40.8 Å². The van der Waals surface area contributed by atoms with E-state index in [2.05, 4.69) is 6.58 Å². The quantitative estimate of drug-likeness (QED) is 0.318. The molecule has 1 amide bonds. The molecule has 0 saturated carbocycles. The molecule has 0 spiro atoms. The summed E-state index contributed by atoms with van der Waals surface area (Å²) in [6, 6.07) is 12.3. The predicted octanol–water partition coefficient (Wildman–Crippen LogP) is 4.54. The number of amides is 1. The highest BCUT2D eigenvalue weighted by molar-refractivity contribution is 6.23. The van der Waals surface area contributed by atoms with Crippen molar-refractivity contribution in [2.24, 2.45) is 0 Å². The van der Waals surface area contributed by atoms with E-state index in [9.17, 15) is 9.59 Å². The molecule has 0 atom stereocenters. The molecule has 1 aliphatic heterocycles. The van der Waals surface area contributed by atoms with Gasteiger partial charge in [0.15, 0.2) is 11.5 Å². The van der Waals surface area contributed by atoms with Gasteiger partial charge in [-0.3, -0.25) is 9.69 Å². The third kappa shape index (κ3) is 4.92. The number of ether oxygens (including phenoxy) is 4. The number of hydrogen-bond acceptors (Lipinski definition) is 6. The van der Waals surface area contributed by atoms with Crippen LogP contribution in [0.1, 0.15) is 19.4 Å². The molecule has 3 rings (SSSR count). The van der Waals surface area contributed by atoms with E-state index in [0.717, 1.165) is 0 Å². The minimum atomic E-state index is -0.552. The number of rotatable bonds is 9. The lowest BCUT2D eigenvalue weighted by Gasteiger charge is -2.18. The summed E-state index contributed by atoms with van der Waals surface area (Å²) in [5, 5.41) is 0. The largest absolute Gasteiger partial charge is 0.497 e. The number of nitrogens with zero attached hydrogens (tertiary/aromatic N) is 1. The van der Waals surface area contributed by atoms with Crippen LogP contribution in [0.25, 0.3) is 6.08 Å². The second-order valence-electron chi connectivity index (χ2n) is 7.09. The summed E-state index contributed by atoms with van der Waals surface area (Å²) in [5.41, 5.74) is 2.25. The van der Waals surface area contributed by atoms with E-state index < -0.39 is 5.97 Å². The first kappa shape index (κ1) is 23.7. The molecule has 0 N–H and O–H groups in total. The Morgan fingerprint density at radius 1 is 1.06 bits per heavy atom. The van der Waals surface area contributed by atoms with Crippen molar-refractivity contribution in [3.63, 3.8) is 0 Å². The summed E-state index contributed by atoms with van der Waals surface area (Å²) < 4.78 is 21.5. The van der Waals surface area contributed by atoms with Crippen molar-refractivity contribution >= 4 is 23.6 Å². The Labute approximate surface area is 193 Å². The highest BCUT2D eigenvalue weighted by atomic mass is 16.5. The van der Waals surface area contributed by atoms with E-state index in [1.54, 1.807) is 75.6 Å². The van der Waals surface area contributed by atoms with Gasteiger partial charge in [-0.05, 0) is 61.9 Å². The molecule has 33 heavy (non-hydrogen) atoms. The maximum Gasteiger partial charge on any atom is 0.340 e. The number of methoxy groups -OCH3 is 2. The Balaban J connectivity index is 2.07. The second-order valence-corrected chi connectivity index (χ2v) is 7.09. The molecule has 0 saturated heterocycles. The molecule has 0 fully saturated rings. The van der Waals surface area contributed by atoms with Crippen molar-refractivity contribution in [1.82, 2.24) is 0 Å². The van der Waals surface area contributed by atoms with Crippen molar-refractivity contribution in [3.05, 3.63) is 77.5 Å². The SMILES string of the molecule is C=CCOc1ccc(C=C2C(=O)N(c3ccc(OC)cc3)C(C)=C2C(=O)OCC)cc1OC. The second kappa shape index (κ2) is 10.5. The van der Waals surface area contributed by atoms with Gasteiger partial charge in [0.25, 0.3) is 5.91 Å². The smallest absolute Gasteiger partial charge is 0.340 e. The monoisotopic (exact) mass is 449 g/mol. The van der Waals surface area contributed by atoms with Crippen LogP contribution in [0, 0.1) is 0 Å². The normalized spacial score (nSPS) is 14.5. The molecule has 0 aliphatic carbocycles. The summed E-state index contributed by atoms with van der Waals surface area (Å²) in [6.45, 7) is 7.62. The fourth-order valence-electron chi connectivity index (χ4n) is 3.53. The van der Waals surface area contributed by atoms with E-state index in [1.165, 1.54) is 12.0 Å². The number of carbonyl (C=O) groups is 2. The van der Waals surface area contributed by atoms with Crippen molar-refractivity contribution in [3.8, 4) is 17.2 Å². The maximum absolute atomic E-state index is 13.5.